The molecule has 0 aliphatic rings. The molecule has 16 heavy (non-hydrogen) atoms. The smallest absolute Gasteiger partial charge is 0.317 e. The molecule has 1 N–H and O–H groups in total. The van der Waals surface area contributed by atoms with Crippen LogP contribution in [-0.2, 0) is 4.79 Å². The molecule has 0 amide bonds. The maximum absolute atomic E-state index is 10.7. The summed E-state index contributed by atoms with van der Waals surface area (Å²) in [7, 11) is 0. The first-order valence-electron chi connectivity index (χ1n) is 5.26. The largest absolute Gasteiger partial charge is 0.480 e. The van der Waals surface area contributed by atoms with Crippen molar-refractivity contribution >= 4 is 17.6 Å². The molecule has 0 saturated carbocycles. The molecule has 0 bridgehead atoms. The SMILES string of the molecule is CCN(CC(=O)O)C(C)c1ccccc1Cl. The molecular weight excluding hydrogens is 226 g/mol. The standard InChI is InChI=1S/C12H16ClNO2/c1-3-14(8-12(15)16)9(2)10-6-4-5-7-11(10)13/h4-7,9H,3,8H2,1-2H3,(H,15,16). The molecule has 1 aromatic rings. The lowest BCUT2D eigenvalue weighted by atomic mass is 10.1. The monoisotopic (exact) mass is 241 g/mol. The molecular formula is C12H16ClNO2. The van der Waals surface area contributed by atoms with E-state index in [2.05, 4.69) is 0 Å². The summed E-state index contributed by atoms with van der Waals surface area (Å²) in [6.45, 7) is 4.62. The van der Waals surface area contributed by atoms with E-state index in [-0.39, 0.29) is 12.6 Å². The van der Waals surface area contributed by atoms with Crippen LogP contribution in [0.2, 0.25) is 5.02 Å². The molecule has 0 fully saturated rings. The van der Waals surface area contributed by atoms with Gasteiger partial charge >= 0.3 is 5.97 Å². The van der Waals surface area contributed by atoms with Crippen LogP contribution < -0.4 is 0 Å². The Hall–Kier alpha value is -1.06. The van der Waals surface area contributed by atoms with Crippen LogP contribution in [0.4, 0.5) is 0 Å². The Balaban J connectivity index is 2.86. The molecule has 0 saturated heterocycles. The van der Waals surface area contributed by atoms with Crippen molar-refractivity contribution in [2.45, 2.75) is 19.9 Å². The molecule has 1 rings (SSSR count). The van der Waals surface area contributed by atoms with Crippen molar-refractivity contribution in [2.75, 3.05) is 13.1 Å². The van der Waals surface area contributed by atoms with Crippen LogP contribution in [0.25, 0.3) is 0 Å². The molecule has 3 nitrogen and oxygen atoms in total. The fourth-order valence-corrected chi connectivity index (χ4v) is 2.00. The van der Waals surface area contributed by atoms with E-state index >= 15 is 0 Å². The van der Waals surface area contributed by atoms with Crippen molar-refractivity contribution in [3.8, 4) is 0 Å². The lowest BCUT2D eigenvalue weighted by Crippen LogP contribution is -2.32. The Bertz CT molecular complexity index is 368. The van der Waals surface area contributed by atoms with Crippen LogP contribution in [0, 0.1) is 0 Å². The topological polar surface area (TPSA) is 40.5 Å². The van der Waals surface area contributed by atoms with Gasteiger partial charge < -0.3 is 5.11 Å². The Morgan fingerprint density at radius 3 is 2.62 bits per heavy atom. The van der Waals surface area contributed by atoms with Crippen molar-refractivity contribution in [3.05, 3.63) is 34.9 Å². The van der Waals surface area contributed by atoms with Crippen molar-refractivity contribution in [2.24, 2.45) is 0 Å². The second-order valence-corrected chi connectivity index (χ2v) is 4.06. The number of hydrogen-bond acceptors (Lipinski definition) is 2. The Morgan fingerprint density at radius 1 is 1.50 bits per heavy atom. The van der Waals surface area contributed by atoms with E-state index < -0.39 is 5.97 Å². The van der Waals surface area contributed by atoms with Gasteiger partial charge in [-0.05, 0) is 25.1 Å². The molecule has 4 heteroatoms. The molecule has 0 spiro atoms. The first-order chi connectivity index (χ1) is 7.56. The first-order valence-corrected chi connectivity index (χ1v) is 5.64. The van der Waals surface area contributed by atoms with Gasteiger partial charge in [-0.15, -0.1) is 0 Å². The van der Waals surface area contributed by atoms with E-state index in [1.807, 2.05) is 43.0 Å². The summed E-state index contributed by atoms with van der Waals surface area (Å²) in [4.78, 5) is 12.6. The zero-order valence-electron chi connectivity index (χ0n) is 9.48. The zero-order valence-corrected chi connectivity index (χ0v) is 10.2. The van der Waals surface area contributed by atoms with Gasteiger partial charge in [-0.3, -0.25) is 9.69 Å². The van der Waals surface area contributed by atoms with Crippen LogP contribution in [0.15, 0.2) is 24.3 Å². The number of carboxylic acids is 1. The number of carboxylic acid groups (broad SMARTS) is 1. The lowest BCUT2D eigenvalue weighted by Gasteiger charge is -2.27. The fourth-order valence-electron chi connectivity index (χ4n) is 1.71. The van der Waals surface area contributed by atoms with Gasteiger partial charge in [-0.1, -0.05) is 36.7 Å². The summed E-state index contributed by atoms with van der Waals surface area (Å²) < 4.78 is 0. The normalized spacial score (nSPS) is 12.8. The van der Waals surface area contributed by atoms with E-state index in [0.29, 0.717) is 11.6 Å². The van der Waals surface area contributed by atoms with E-state index in [4.69, 9.17) is 16.7 Å². The first kappa shape index (κ1) is 13.0. The quantitative estimate of drug-likeness (QED) is 0.862. The van der Waals surface area contributed by atoms with E-state index in [0.717, 1.165) is 5.56 Å². The highest BCUT2D eigenvalue weighted by molar-refractivity contribution is 6.31. The summed E-state index contributed by atoms with van der Waals surface area (Å²) in [6, 6.07) is 7.53. The van der Waals surface area contributed by atoms with Crippen LogP contribution >= 0.6 is 11.6 Å². The summed E-state index contributed by atoms with van der Waals surface area (Å²) in [5.74, 6) is -0.819. The lowest BCUT2D eigenvalue weighted by molar-refractivity contribution is -0.138. The number of carbonyl (C=O) groups is 1. The summed E-state index contributed by atoms with van der Waals surface area (Å²) in [5.41, 5.74) is 0.965. The van der Waals surface area contributed by atoms with Crippen molar-refractivity contribution in [1.82, 2.24) is 4.90 Å². The number of benzene rings is 1. The third kappa shape index (κ3) is 3.22. The van der Waals surface area contributed by atoms with Gasteiger partial charge in [0, 0.05) is 11.1 Å². The number of nitrogens with zero attached hydrogens (tertiary/aromatic N) is 1. The number of likely N-dealkylation sites (N-methyl/N-ethyl adjacent to an activating group) is 1. The second kappa shape index (κ2) is 5.87. The summed E-state index contributed by atoms with van der Waals surface area (Å²) >= 11 is 6.08. The van der Waals surface area contributed by atoms with Gasteiger partial charge in [-0.2, -0.15) is 0 Å². The average Bonchev–Trinajstić information content (AvgIpc) is 2.25. The minimum absolute atomic E-state index is 0.00907. The Morgan fingerprint density at radius 2 is 2.12 bits per heavy atom. The van der Waals surface area contributed by atoms with E-state index in [1.165, 1.54) is 0 Å². The average molecular weight is 242 g/mol. The minimum Gasteiger partial charge on any atom is -0.480 e. The fraction of sp³-hybridized carbons (Fsp3) is 0.417. The number of halogens is 1. The van der Waals surface area contributed by atoms with Gasteiger partial charge in [-0.25, -0.2) is 0 Å². The molecule has 0 radical (unpaired) electrons. The molecule has 0 aromatic heterocycles. The van der Waals surface area contributed by atoms with E-state index in [9.17, 15) is 4.79 Å². The maximum atomic E-state index is 10.7. The Labute approximate surface area is 101 Å². The van der Waals surface area contributed by atoms with Gasteiger partial charge in [0.1, 0.15) is 0 Å². The minimum atomic E-state index is -0.819. The molecule has 88 valence electrons. The molecule has 0 aliphatic carbocycles. The van der Waals surface area contributed by atoms with Gasteiger partial charge in [0.15, 0.2) is 0 Å². The van der Waals surface area contributed by atoms with Gasteiger partial charge in [0.05, 0.1) is 6.54 Å². The van der Waals surface area contributed by atoms with Crippen LogP contribution in [0.3, 0.4) is 0 Å². The summed E-state index contributed by atoms with van der Waals surface area (Å²) in [5, 5.41) is 9.48. The highest BCUT2D eigenvalue weighted by Crippen LogP contribution is 2.26. The summed E-state index contributed by atoms with van der Waals surface area (Å²) in [6.07, 6.45) is 0. The predicted octanol–water partition coefficient (Wildman–Crippen LogP) is 2.81. The van der Waals surface area contributed by atoms with Crippen molar-refractivity contribution in [1.29, 1.82) is 0 Å². The third-order valence-electron chi connectivity index (χ3n) is 2.65. The van der Waals surface area contributed by atoms with Crippen LogP contribution in [0.5, 0.6) is 0 Å². The molecule has 1 unspecified atom stereocenters. The molecule has 1 aromatic carbocycles. The van der Waals surface area contributed by atoms with Crippen LogP contribution in [0.1, 0.15) is 25.5 Å². The van der Waals surface area contributed by atoms with Gasteiger partial charge in [0.2, 0.25) is 0 Å². The van der Waals surface area contributed by atoms with Crippen LogP contribution in [-0.4, -0.2) is 29.1 Å². The molecule has 0 heterocycles. The molecule has 1 atom stereocenters. The van der Waals surface area contributed by atoms with Crippen molar-refractivity contribution < 1.29 is 9.90 Å². The Kier molecular flexibility index (Phi) is 4.77. The third-order valence-corrected chi connectivity index (χ3v) is 2.99. The van der Waals surface area contributed by atoms with Gasteiger partial charge in [0.25, 0.3) is 0 Å². The highest BCUT2D eigenvalue weighted by Gasteiger charge is 2.18. The maximum Gasteiger partial charge on any atom is 0.317 e. The highest BCUT2D eigenvalue weighted by atomic mass is 35.5. The molecule has 0 aliphatic heterocycles. The predicted molar refractivity (Wildman–Crippen MR) is 64.7 cm³/mol. The zero-order chi connectivity index (χ0) is 12.1. The second-order valence-electron chi connectivity index (χ2n) is 3.65. The van der Waals surface area contributed by atoms with Crippen molar-refractivity contribution in [3.63, 3.8) is 0 Å². The number of aliphatic carboxylic acids is 1. The van der Waals surface area contributed by atoms with E-state index in [1.54, 1.807) is 0 Å². The number of rotatable bonds is 5. The number of hydrogen-bond donors (Lipinski definition) is 1.